The molecule has 2 aromatic rings. The summed E-state index contributed by atoms with van der Waals surface area (Å²) in [6, 6.07) is 10.7. The van der Waals surface area contributed by atoms with Crippen LogP contribution in [0.1, 0.15) is 18.9 Å². The quantitative estimate of drug-likeness (QED) is 0.844. The van der Waals surface area contributed by atoms with Crippen LogP contribution in [0.4, 0.5) is 4.39 Å². The van der Waals surface area contributed by atoms with Gasteiger partial charge in [-0.3, -0.25) is 0 Å². The second kappa shape index (κ2) is 5.40. The molecule has 0 aliphatic rings. The first-order valence-electron chi connectivity index (χ1n) is 5.89. The van der Waals surface area contributed by atoms with Crippen LogP contribution < -0.4 is 0 Å². The molecule has 0 saturated carbocycles. The average molecular weight is 265 g/mol. The van der Waals surface area contributed by atoms with Crippen LogP contribution in [0.3, 0.4) is 0 Å². The van der Waals surface area contributed by atoms with Gasteiger partial charge in [-0.05, 0) is 29.7 Å². The maximum Gasteiger partial charge on any atom is 0.153 e. The number of aryl methyl sites for hydroxylation is 1. The molecular weight excluding hydrogens is 251 g/mol. The summed E-state index contributed by atoms with van der Waals surface area (Å²) in [6.45, 7) is 2.12. The van der Waals surface area contributed by atoms with Gasteiger partial charge in [0.2, 0.25) is 0 Å². The van der Waals surface area contributed by atoms with Crippen LogP contribution in [0, 0.1) is 5.82 Å². The molecule has 0 aliphatic carbocycles. The second-order valence-electron chi connectivity index (χ2n) is 4.21. The minimum Gasteiger partial charge on any atom is -0.506 e. The van der Waals surface area contributed by atoms with Crippen LogP contribution in [0.15, 0.2) is 36.4 Å². The molecule has 18 heavy (non-hydrogen) atoms. The molecule has 0 radical (unpaired) electrons. The first-order chi connectivity index (χ1) is 8.63. The Balaban J connectivity index is 2.40. The number of phenols is 1. The topological polar surface area (TPSA) is 20.2 Å². The lowest BCUT2D eigenvalue weighted by molar-refractivity contribution is 0.470. The zero-order valence-corrected chi connectivity index (χ0v) is 10.8. The first-order valence-corrected chi connectivity index (χ1v) is 6.27. The van der Waals surface area contributed by atoms with Gasteiger partial charge < -0.3 is 5.11 Å². The van der Waals surface area contributed by atoms with Crippen LogP contribution in [0.5, 0.6) is 5.75 Å². The number of hydrogen-bond donors (Lipinski definition) is 1. The standard InChI is InChI=1S/C15H14ClFO/c1-2-3-10-4-6-11(7-5-10)12-8-9-13(18)14(16)15(12)17/h4-9,18H,2-3H2,1H3. The molecule has 0 amide bonds. The fraction of sp³-hybridized carbons (Fsp3) is 0.200. The summed E-state index contributed by atoms with van der Waals surface area (Å²) < 4.78 is 13.9. The first kappa shape index (κ1) is 12.9. The van der Waals surface area contributed by atoms with E-state index in [-0.39, 0.29) is 10.8 Å². The van der Waals surface area contributed by atoms with Crippen LogP contribution in [-0.2, 0) is 6.42 Å². The average Bonchev–Trinajstić information content (AvgIpc) is 2.38. The summed E-state index contributed by atoms with van der Waals surface area (Å²) >= 11 is 5.69. The highest BCUT2D eigenvalue weighted by Gasteiger charge is 2.12. The van der Waals surface area contributed by atoms with E-state index < -0.39 is 5.82 Å². The van der Waals surface area contributed by atoms with Crippen LogP contribution >= 0.6 is 11.6 Å². The van der Waals surface area contributed by atoms with Crippen molar-refractivity contribution in [1.82, 2.24) is 0 Å². The highest BCUT2D eigenvalue weighted by molar-refractivity contribution is 6.32. The van der Waals surface area contributed by atoms with Gasteiger partial charge in [0.05, 0.1) is 0 Å². The molecule has 3 heteroatoms. The monoisotopic (exact) mass is 264 g/mol. The van der Waals surface area contributed by atoms with Crippen molar-refractivity contribution in [1.29, 1.82) is 0 Å². The van der Waals surface area contributed by atoms with Crippen molar-refractivity contribution in [3.63, 3.8) is 0 Å². The molecule has 0 aliphatic heterocycles. The Labute approximate surface area is 111 Å². The van der Waals surface area contributed by atoms with Gasteiger partial charge in [-0.1, -0.05) is 49.2 Å². The van der Waals surface area contributed by atoms with Crippen molar-refractivity contribution in [2.45, 2.75) is 19.8 Å². The number of phenolic OH excluding ortho intramolecular Hbond substituents is 1. The molecule has 1 nitrogen and oxygen atoms in total. The lowest BCUT2D eigenvalue weighted by Gasteiger charge is -2.07. The third kappa shape index (κ3) is 2.49. The lowest BCUT2D eigenvalue weighted by atomic mass is 10.0. The smallest absolute Gasteiger partial charge is 0.153 e. The predicted octanol–water partition coefficient (Wildman–Crippen LogP) is 4.80. The van der Waals surface area contributed by atoms with E-state index in [1.165, 1.54) is 17.7 Å². The Morgan fingerprint density at radius 2 is 1.78 bits per heavy atom. The summed E-state index contributed by atoms with van der Waals surface area (Å²) in [5, 5.41) is 9.08. The molecule has 94 valence electrons. The summed E-state index contributed by atoms with van der Waals surface area (Å²) in [4.78, 5) is 0. The van der Waals surface area contributed by atoms with E-state index in [2.05, 4.69) is 6.92 Å². The largest absolute Gasteiger partial charge is 0.506 e. The van der Waals surface area contributed by atoms with Crippen molar-refractivity contribution in [3.8, 4) is 16.9 Å². The zero-order chi connectivity index (χ0) is 13.1. The van der Waals surface area contributed by atoms with Crippen LogP contribution in [0.2, 0.25) is 5.02 Å². The van der Waals surface area contributed by atoms with Crippen LogP contribution in [-0.4, -0.2) is 5.11 Å². The molecule has 2 aromatic carbocycles. The SMILES string of the molecule is CCCc1ccc(-c2ccc(O)c(Cl)c2F)cc1. The van der Waals surface area contributed by atoms with E-state index in [0.717, 1.165) is 18.4 Å². The molecule has 0 unspecified atom stereocenters. The molecule has 0 bridgehead atoms. The van der Waals surface area contributed by atoms with Crippen molar-refractivity contribution in [3.05, 3.63) is 52.8 Å². The predicted molar refractivity (Wildman–Crippen MR) is 72.5 cm³/mol. The molecule has 0 heterocycles. The van der Waals surface area contributed by atoms with E-state index in [4.69, 9.17) is 11.6 Å². The molecule has 2 rings (SSSR count). The van der Waals surface area contributed by atoms with Gasteiger partial charge in [0.15, 0.2) is 5.82 Å². The third-order valence-corrected chi connectivity index (χ3v) is 3.23. The van der Waals surface area contributed by atoms with Crippen molar-refractivity contribution in [2.75, 3.05) is 0 Å². The number of rotatable bonds is 3. The number of benzene rings is 2. The molecule has 0 fully saturated rings. The van der Waals surface area contributed by atoms with Gasteiger partial charge >= 0.3 is 0 Å². The van der Waals surface area contributed by atoms with Gasteiger partial charge in [0.1, 0.15) is 10.8 Å². The van der Waals surface area contributed by atoms with Gasteiger partial charge in [0.25, 0.3) is 0 Å². The molecule has 0 aromatic heterocycles. The summed E-state index contributed by atoms with van der Waals surface area (Å²) in [5.41, 5.74) is 2.39. The molecule has 0 saturated heterocycles. The highest BCUT2D eigenvalue weighted by Crippen LogP contribution is 2.33. The zero-order valence-electron chi connectivity index (χ0n) is 10.1. The van der Waals surface area contributed by atoms with Gasteiger partial charge in [0, 0.05) is 5.56 Å². The minimum atomic E-state index is -0.583. The normalized spacial score (nSPS) is 10.6. The Morgan fingerprint density at radius 3 is 2.39 bits per heavy atom. The number of hydrogen-bond acceptors (Lipinski definition) is 1. The Bertz CT molecular complexity index is 549. The molecule has 0 atom stereocenters. The Morgan fingerprint density at radius 1 is 1.11 bits per heavy atom. The number of aromatic hydroxyl groups is 1. The van der Waals surface area contributed by atoms with E-state index in [1.807, 2.05) is 24.3 Å². The minimum absolute atomic E-state index is 0.231. The fourth-order valence-electron chi connectivity index (χ4n) is 1.90. The van der Waals surface area contributed by atoms with E-state index in [1.54, 1.807) is 0 Å². The second-order valence-corrected chi connectivity index (χ2v) is 4.59. The summed E-state index contributed by atoms with van der Waals surface area (Å²) in [7, 11) is 0. The molecule has 0 spiro atoms. The maximum atomic E-state index is 13.9. The summed E-state index contributed by atoms with van der Waals surface area (Å²) in [6.07, 6.45) is 2.10. The van der Waals surface area contributed by atoms with E-state index in [9.17, 15) is 9.50 Å². The summed E-state index contributed by atoms with van der Waals surface area (Å²) in [5.74, 6) is -0.819. The van der Waals surface area contributed by atoms with Gasteiger partial charge in [-0.2, -0.15) is 0 Å². The van der Waals surface area contributed by atoms with E-state index >= 15 is 0 Å². The Kier molecular flexibility index (Phi) is 3.87. The maximum absolute atomic E-state index is 13.9. The molecule has 1 N–H and O–H groups in total. The Hall–Kier alpha value is -1.54. The number of halogens is 2. The van der Waals surface area contributed by atoms with Crippen molar-refractivity contribution in [2.24, 2.45) is 0 Å². The van der Waals surface area contributed by atoms with Crippen molar-refractivity contribution < 1.29 is 9.50 Å². The highest BCUT2D eigenvalue weighted by atomic mass is 35.5. The van der Waals surface area contributed by atoms with Crippen molar-refractivity contribution >= 4 is 11.6 Å². The fourth-order valence-corrected chi connectivity index (χ4v) is 2.07. The van der Waals surface area contributed by atoms with Gasteiger partial charge in [-0.25, -0.2) is 4.39 Å². The molecular formula is C15H14ClFO. The van der Waals surface area contributed by atoms with Crippen LogP contribution in [0.25, 0.3) is 11.1 Å². The third-order valence-electron chi connectivity index (χ3n) is 2.87. The lowest BCUT2D eigenvalue weighted by Crippen LogP contribution is -1.88. The van der Waals surface area contributed by atoms with Gasteiger partial charge in [-0.15, -0.1) is 0 Å². The van der Waals surface area contributed by atoms with E-state index in [0.29, 0.717) is 5.56 Å².